The minimum absolute atomic E-state index is 0.147. The average Bonchev–Trinajstić information content (AvgIpc) is 3.19. The van der Waals surface area contributed by atoms with E-state index in [2.05, 4.69) is 30.0 Å². The molecule has 0 N–H and O–H groups in total. The van der Waals surface area contributed by atoms with E-state index in [4.69, 9.17) is 0 Å². The summed E-state index contributed by atoms with van der Waals surface area (Å²) in [6.07, 6.45) is 4.61. The van der Waals surface area contributed by atoms with Crippen LogP contribution in [0.1, 0.15) is 34.3 Å². The maximum Gasteiger partial charge on any atom is 0.200 e. The summed E-state index contributed by atoms with van der Waals surface area (Å²) in [4.78, 5) is 16.8. The van der Waals surface area contributed by atoms with E-state index in [1.54, 1.807) is 11.8 Å². The molecule has 0 aliphatic carbocycles. The monoisotopic (exact) mass is 321 g/mol. The van der Waals surface area contributed by atoms with Gasteiger partial charge in [0.2, 0.25) is 5.78 Å². The number of thioether (sulfide) groups is 1. The summed E-state index contributed by atoms with van der Waals surface area (Å²) in [5.74, 6) is 0.147. The van der Waals surface area contributed by atoms with E-state index in [0.717, 1.165) is 34.0 Å². The Morgan fingerprint density at radius 3 is 2.61 bits per heavy atom. The molecule has 2 aromatic carbocycles. The fourth-order valence-corrected chi connectivity index (χ4v) is 4.31. The van der Waals surface area contributed by atoms with Crippen LogP contribution in [0.5, 0.6) is 0 Å². The smallest absolute Gasteiger partial charge is 0.200 e. The Kier molecular flexibility index (Phi) is 3.74. The Labute approximate surface area is 141 Å². The number of hydrogen-bond acceptors (Lipinski definition) is 3. The van der Waals surface area contributed by atoms with Crippen LogP contribution in [0.4, 0.5) is 5.69 Å². The third-order valence-corrected chi connectivity index (χ3v) is 5.69. The van der Waals surface area contributed by atoms with Crippen LogP contribution in [0.15, 0.2) is 52.3 Å². The molecule has 1 saturated heterocycles. The van der Waals surface area contributed by atoms with E-state index in [1.165, 1.54) is 24.1 Å². The summed E-state index contributed by atoms with van der Waals surface area (Å²) in [6.45, 7) is 4.44. The van der Waals surface area contributed by atoms with Gasteiger partial charge in [-0.2, -0.15) is 0 Å². The molecule has 3 heteroatoms. The number of carbonyl (C=O) groups excluding carboxylic acids is 1. The van der Waals surface area contributed by atoms with E-state index >= 15 is 0 Å². The number of carbonyl (C=O) groups is 1. The number of aryl methyl sites for hydroxylation is 1. The number of nitrogens with zero attached hydrogens (tertiary/aromatic N) is 1. The van der Waals surface area contributed by atoms with E-state index in [9.17, 15) is 4.79 Å². The average molecular weight is 321 g/mol. The number of ketones is 1. The number of anilines is 1. The minimum atomic E-state index is 0.147. The zero-order valence-corrected chi connectivity index (χ0v) is 14.0. The highest BCUT2D eigenvalue weighted by Crippen LogP contribution is 2.41. The number of rotatable bonds is 2. The van der Waals surface area contributed by atoms with Crippen molar-refractivity contribution in [3.63, 3.8) is 0 Å². The summed E-state index contributed by atoms with van der Waals surface area (Å²) in [7, 11) is 0. The first-order chi connectivity index (χ1) is 11.2. The van der Waals surface area contributed by atoms with Gasteiger partial charge in [-0.05, 0) is 61.2 Å². The van der Waals surface area contributed by atoms with Gasteiger partial charge in [-0.15, -0.1) is 0 Å². The first-order valence-electron chi connectivity index (χ1n) is 8.11. The third kappa shape index (κ3) is 2.70. The number of allylic oxidation sites excluding steroid dienone is 1. The lowest BCUT2D eigenvalue weighted by molar-refractivity contribution is 0.104. The molecule has 0 atom stereocenters. The molecule has 0 amide bonds. The van der Waals surface area contributed by atoms with Crippen molar-refractivity contribution in [2.45, 2.75) is 24.7 Å². The van der Waals surface area contributed by atoms with Crippen LogP contribution >= 0.6 is 11.8 Å². The molecule has 1 fully saturated rings. The molecule has 2 aliphatic heterocycles. The lowest BCUT2D eigenvalue weighted by Crippen LogP contribution is -2.17. The van der Waals surface area contributed by atoms with Gasteiger partial charge in [0.1, 0.15) is 0 Å². The van der Waals surface area contributed by atoms with E-state index in [-0.39, 0.29) is 5.78 Å². The molecule has 116 valence electrons. The molecule has 0 saturated carbocycles. The topological polar surface area (TPSA) is 20.3 Å². The second-order valence-corrected chi connectivity index (χ2v) is 7.25. The van der Waals surface area contributed by atoms with Gasteiger partial charge in [0.15, 0.2) is 0 Å². The molecule has 4 rings (SSSR count). The summed E-state index contributed by atoms with van der Waals surface area (Å²) in [6, 6.07) is 14.4. The standard InChI is InChI=1S/C20H19NOS/c1-14-12-16(21-10-4-5-11-21)9-8-15(14)13-19-20(22)17-6-2-3-7-18(17)23-19/h2-3,6-9,12-13H,4-5,10-11H2,1H3/b19-13-. The summed E-state index contributed by atoms with van der Waals surface area (Å²) in [5.41, 5.74) is 4.49. The SMILES string of the molecule is Cc1cc(N2CCCC2)ccc1/C=C1\Sc2ccccc2C1=O. The third-order valence-electron chi connectivity index (χ3n) is 4.59. The van der Waals surface area contributed by atoms with Crippen molar-refractivity contribution in [3.05, 3.63) is 64.1 Å². The van der Waals surface area contributed by atoms with Crippen molar-refractivity contribution < 1.29 is 4.79 Å². The Morgan fingerprint density at radius 2 is 1.87 bits per heavy atom. The van der Waals surface area contributed by atoms with Gasteiger partial charge >= 0.3 is 0 Å². The number of Topliss-reactive ketones (excluding diaryl/α,β-unsaturated/α-hetero) is 1. The molecule has 0 unspecified atom stereocenters. The Balaban J connectivity index is 1.63. The predicted molar refractivity (Wildman–Crippen MR) is 97.2 cm³/mol. The largest absolute Gasteiger partial charge is 0.372 e. The number of fused-ring (bicyclic) bond motifs is 1. The molecule has 0 spiro atoms. The number of benzene rings is 2. The summed E-state index contributed by atoms with van der Waals surface area (Å²) >= 11 is 1.58. The Hall–Kier alpha value is -2.00. The zero-order valence-electron chi connectivity index (χ0n) is 13.2. The molecule has 0 bridgehead atoms. The van der Waals surface area contributed by atoms with Crippen LogP contribution in [-0.2, 0) is 0 Å². The van der Waals surface area contributed by atoms with Crippen LogP contribution in [0.3, 0.4) is 0 Å². The zero-order chi connectivity index (χ0) is 15.8. The molecule has 0 radical (unpaired) electrons. The fourth-order valence-electron chi connectivity index (χ4n) is 3.27. The Bertz CT molecular complexity index is 803. The first-order valence-corrected chi connectivity index (χ1v) is 8.93. The molecule has 0 aromatic heterocycles. The molecule has 23 heavy (non-hydrogen) atoms. The molecular formula is C20H19NOS. The fraction of sp³-hybridized carbons (Fsp3) is 0.250. The highest BCUT2D eigenvalue weighted by Gasteiger charge is 2.25. The highest BCUT2D eigenvalue weighted by molar-refractivity contribution is 8.04. The van der Waals surface area contributed by atoms with Gasteiger partial charge < -0.3 is 4.90 Å². The van der Waals surface area contributed by atoms with Crippen molar-refractivity contribution in [2.75, 3.05) is 18.0 Å². The van der Waals surface area contributed by atoms with Crippen LogP contribution in [0.2, 0.25) is 0 Å². The van der Waals surface area contributed by atoms with Crippen molar-refractivity contribution in [1.29, 1.82) is 0 Å². The summed E-state index contributed by atoms with van der Waals surface area (Å²) < 4.78 is 0. The highest BCUT2D eigenvalue weighted by atomic mass is 32.2. The predicted octanol–water partition coefficient (Wildman–Crippen LogP) is 4.92. The quantitative estimate of drug-likeness (QED) is 0.732. The van der Waals surface area contributed by atoms with E-state index in [1.807, 2.05) is 30.3 Å². The second-order valence-electron chi connectivity index (χ2n) is 6.17. The van der Waals surface area contributed by atoms with Gasteiger partial charge in [-0.3, -0.25) is 4.79 Å². The lowest BCUT2D eigenvalue weighted by atomic mass is 10.0. The van der Waals surface area contributed by atoms with Gasteiger partial charge in [0.05, 0.1) is 4.91 Å². The van der Waals surface area contributed by atoms with Crippen molar-refractivity contribution in [2.24, 2.45) is 0 Å². The van der Waals surface area contributed by atoms with Gasteiger partial charge in [0.25, 0.3) is 0 Å². The maximum atomic E-state index is 12.5. The van der Waals surface area contributed by atoms with Gasteiger partial charge in [-0.25, -0.2) is 0 Å². The molecule has 2 aliphatic rings. The van der Waals surface area contributed by atoms with E-state index < -0.39 is 0 Å². The second kappa shape index (κ2) is 5.89. The van der Waals surface area contributed by atoms with E-state index in [0.29, 0.717) is 0 Å². The van der Waals surface area contributed by atoms with Crippen molar-refractivity contribution >= 4 is 29.3 Å². The lowest BCUT2D eigenvalue weighted by Gasteiger charge is -2.18. The van der Waals surface area contributed by atoms with Gasteiger partial charge in [-0.1, -0.05) is 30.0 Å². The van der Waals surface area contributed by atoms with Crippen LogP contribution in [0.25, 0.3) is 6.08 Å². The number of hydrogen-bond donors (Lipinski definition) is 0. The van der Waals surface area contributed by atoms with Crippen LogP contribution < -0.4 is 4.90 Å². The normalized spacial score (nSPS) is 18.7. The minimum Gasteiger partial charge on any atom is -0.372 e. The maximum absolute atomic E-state index is 12.5. The molecule has 2 aromatic rings. The molecule has 2 nitrogen and oxygen atoms in total. The summed E-state index contributed by atoms with van der Waals surface area (Å²) in [5, 5.41) is 0. The molecular weight excluding hydrogens is 302 g/mol. The molecule has 2 heterocycles. The Morgan fingerprint density at radius 1 is 1.09 bits per heavy atom. The van der Waals surface area contributed by atoms with Gasteiger partial charge in [0, 0.05) is 29.2 Å². The van der Waals surface area contributed by atoms with Crippen LogP contribution in [-0.4, -0.2) is 18.9 Å². The van der Waals surface area contributed by atoms with Crippen molar-refractivity contribution in [1.82, 2.24) is 0 Å². The first kappa shape index (κ1) is 14.6. The van der Waals surface area contributed by atoms with Crippen molar-refractivity contribution in [3.8, 4) is 0 Å². The van der Waals surface area contributed by atoms with Crippen LogP contribution in [0, 0.1) is 6.92 Å².